The Hall–Kier alpha value is -2.55. The second kappa shape index (κ2) is 9.75. The molecule has 0 bridgehead atoms. The standard InChI is InChI=1S/C24H35F3N4O2/c1-9-10-13-31-20(15-19(30(31)8)22(2,3)4)28-21(32)17-14-16(24(25,26)27)11-12-18(17)33-29-23(5,6)7/h11-12,14-15,29H,9-10,13H2,1-8H3/b28-20+. The predicted molar refractivity (Wildman–Crippen MR) is 122 cm³/mol. The van der Waals surface area contributed by atoms with Crippen molar-refractivity contribution in [2.45, 2.75) is 85.0 Å². The fourth-order valence-electron chi connectivity index (χ4n) is 3.27. The van der Waals surface area contributed by atoms with Gasteiger partial charge in [0, 0.05) is 36.3 Å². The summed E-state index contributed by atoms with van der Waals surface area (Å²) >= 11 is 0. The van der Waals surface area contributed by atoms with Crippen LogP contribution in [0.5, 0.6) is 5.75 Å². The summed E-state index contributed by atoms with van der Waals surface area (Å²) in [6.45, 7) is 14.3. The zero-order valence-corrected chi connectivity index (χ0v) is 20.7. The van der Waals surface area contributed by atoms with Gasteiger partial charge in [-0.25, -0.2) is 0 Å². The molecule has 1 aromatic carbocycles. The van der Waals surface area contributed by atoms with Gasteiger partial charge in [-0.3, -0.25) is 14.2 Å². The molecule has 33 heavy (non-hydrogen) atoms. The average Bonchev–Trinajstić information content (AvgIpc) is 2.98. The lowest BCUT2D eigenvalue weighted by molar-refractivity contribution is -0.137. The normalized spacial score (nSPS) is 13.5. The van der Waals surface area contributed by atoms with Crippen molar-refractivity contribution < 1.29 is 22.8 Å². The number of carbonyl (C=O) groups excluding carboxylic acids is 1. The predicted octanol–water partition coefficient (Wildman–Crippen LogP) is 5.37. The molecular weight excluding hydrogens is 433 g/mol. The van der Waals surface area contributed by atoms with Crippen LogP contribution in [0.1, 0.15) is 82.9 Å². The molecule has 1 aromatic heterocycles. The van der Waals surface area contributed by atoms with Gasteiger partial charge in [0.15, 0.2) is 11.2 Å². The number of hydroxylamine groups is 1. The summed E-state index contributed by atoms with van der Waals surface area (Å²) in [6, 6.07) is 4.63. The Morgan fingerprint density at radius 3 is 2.24 bits per heavy atom. The van der Waals surface area contributed by atoms with E-state index in [-0.39, 0.29) is 16.7 Å². The van der Waals surface area contributed by atoms with E-state index in [0.29, 0.717) is 12.0 Å². The van der Waals surface area contributed by atoms with Crippen LogP contribution >= 0.6 is 0 Å². The van der Waals surface area contributed by atoms with Crippen molar-refractivity contribution in [1.82, 2.24) is 14.8 Å². The van der Waals surface area contributed by atoms with Gasteiger partial charge in [-0.1, -0.05) is 34.1 Å². The van der Waals surface area contributed by atoms with Gasteiger partial charge in [0.05, 0.1) is 11.1 Å². The minimum Gasteiger partial charge on any atom is -0.407 e. The highest BCUT2D eigenvalue weighted by Crippen LogP contribution is 2.33. The Morgan fingerprint density at radius 2 is 1.73 bits per heavy atom. The molecule has 1 amide bonds. The van der Waals surface area contributed by atoms with Gasteiger partial charge >= 0.3 is 6.18 Å². The first kappa shape index (κ1) is 26.7. The number of benzene rings is 1. The summed E-state index contributed by atoms with van der Waals surface area (Å²) in [7, 11) is 1.89. The summed E-state index contributed by atoms with van der Waals surface area (Å²) in [6.07, 6.45) is -2.78. The molecule has 0 saturated heterocycles. The zero-order valence-electron chi connectivity index (χ0n) is 20.7. The monoisotopic (exact) mass is 468 g/mol. The summed E-state index contributed by atoms with van der Waals surface area (Å²) < 4.78 is 43.9. The molecule has 1 N–H and O–H groups in total. The molecule has 6 nitrogen and oxygen atoms in total. The van der Waals surface area contributed by atoms with Crippen LogP contribution in [0, 0.1) is 0 Å². The molecular formula is C24H35F3N4O2. The molecule has 9 heteroatoms. The van der Waals surface area contributed by atoms with Crippen molar-refractivity contribution in [3.8, 4) is 5.75 Å². The third-order valence-corrected chi connectivity index (χ3v) is 4.95. The fraction of sp³-hybridized carbons (Fsp3) is 0.583. The van der Waals surface area contributed by atoms with E-state index in [4.69, 9.17) is 4.84 Å². The van der Waals surface area contributed by atoms with Crippen LogP contribution in [0.15, 0.2) is 29.3 Å². The lowest BCUT2D eigenvalue weighted by Crippen LogP contribution is -2.38. The maximum atomic E-state index is 13.4. The highest BCUT2D eigenvalue weighted by Gasteiger charge is 2.32. The Labute approximate surface area is 193 Å². The minimum atomic E-state index is -4.60. The largest absolute Gasteiger partial charge is 0.416 e. The molecule has 2 aromatic rings. The van der Waals surface area contributed by atoms with Gasteiger partial charge in [-0.05, 0) is 45.4 Å². The molecule has 0 atom stereocenters. The number of hydrogen-bond acceptors (Lipinski definition) is 3. The van der Waals surface area contributed by atoms with Crippen LogP contribution < -0.4 is 15.8 Å². The highest BCUT2D eigenvalue weighted by molar-refractivity contribution is 5.97. The second-order valence-electron chi connectivity index (χ2n) is 10.2. The van der Waals surface area contributed by atoms with Crippen LogP contribution in [0.4, 0.5) is 13.2 Å². The van der Waals surface area contributed by atoms with Crippen LogP contribution in [0.25, 0.3) is 0 Å². The number of alkyl halides is 3. The van der Waals surface area contributed by atoms with Crippen molar-refractivity contribution in [3.05, 3.63) is 46.6 Å². The van der Waals surface area contributed by atoms with E-state index >= 15 is 0 Å². The Morgan fingerprint density at radius 1 is 1.09 bits per heavy atom. The van der Waals surface area contributed by atoms with E-state index < -0.39 is 23.2 Å². The number of hydrogen-bond donors (Lipinski definition) is 1. The van der Waals surface area contributed by atoms with E-state index in [1.807, 2.05) is 43.2 Å². The number of rotatable bonds is 6. The van der Waals surface area contributed by atoms with E-state index in [2.05, 4.69) is 38.2 Å². The van der Waals surface area contributed by atoms with Gasteiger partial charge in [0.2, 0.25) is 0 Å². The highest BCUT2D eigenvalue weighted by atomic mass is 19.4. The second-order valence-corrected chi connectivity index (χ2v) is 10.2. The smallest absolute Gasteiger partial charge is 0.407 e. The van der Waals surface area contributed by atoms with Gasteiger partial charge in [0.1, 0.15) is 0 Å². The number of nitrogens with one attached hydrogen (secondary N) is 1. The van der Waals surface area contributed by atoms with Crippen molar-refractivity contribution in [2.24, 2.45) is 12.0 Å². The average molecular weight is 469 g/mol. The first-order chi connectivity index (χ1) is 15.0. The van der Waals surface area contributed by atoms with Gasteiger partial charge in [-0.2, -0.15) is 23.6 Å². The molecule has 0 aliphatic heterocycles. The zero-order chi connectivity index (χ0) is 25.2. The molecule has 2 rings (SSSR count). The maximum absolute atomic E-state index is 13.4. The summed E-state index contributed by atoms with van der Waals surface area (Å²) in [5.41, 5.74) is 2.21. The summed E-state index contributed by atoms with van der Waals surface area (Å²) in [5, 5.41) is 0. The lowest BCUT2D eigenvalue weighted by Gasteiger charge is -2.21. The van der Waals surface area contributed by atoms with Crippen molar-refractivity contribution in [3.63, 3.8) is 0 Å². The van der Waals surface area contributed by atoms with Gasteiger partial charge in [-0.15, -0.1) is 0 Å². The lowest BCUT2D eigenvalue weighted by atomic mass is 9.92. The first-order valence-electron chi connectivity index (χ1n) is 11.1. The molecule has 0 aliphatic rings. The van der Waals surface area contributed by atoms with E-state index in [9.17, 15) is 18.0 Å². The third-order valence-electron chi connectivity index (χ3n) is 4.95. The maximum Gasteiger partial charge on any atom is 0.416 e. The summed E-state index contributed by atoms with van der Waals surface area (Å²) in [4.78, 5) is 22.9. The molecule has 0 spiro atoms. The summed E-state index contributed by atoms with van der Waals surface area (Å²) in [5.74, 6) is -0.818. The molecule has 0 radical (unpaired) electrons. The minimum absolute atomic E-state index is 0.0150. The van der Waals surface area contributed by atoms with Crippen LogP contribution in [-0.2, 0) is 25.2 Å². The molecule has 0 saturated carbocycles. The molecule has 1 heterocycles. The number of nitrogens with zero attached hydrogens (tertiary/aromatic N) is 3. The number of unbranched alkanes of at least 4 members (excludes halogenated alkanes) is 1. The van der Waals surface area contributed by atoms with E-state index in [1.165, 1.54) is 0 Å². The van der Waals surface area contributed by atoms with Crippen LogP contribution in [-0.4, -0.2) is 20.8 Å². The third kappa shape index (κ3) is 6.96. The quantitative estimate of drug-likeness (QED) is 0.580. The Kier molecular flexibility index (Phi) is 7.89. The molecule has 184 valence electrons. The molecule has 0 fully saturated rings. The number of carbonyl (C=O) groups is 1. The van der Waals surface area contributed by atoms with Crippen molar-refractivity contribution in [1.29, 1.82) is 0 Å². The number of halogens is 3. The van der Waals surface area contributed by atoms with Gasteiger partial charge in [0.25, 0.3) is 5.91 Å². The molecule has 0 unspecified atom stereocenters. The Bertz CT molecular complexity index is 1050. The number of aromatic nitrogens is 2. The van der Waals surface area contributed by atoms with Crippen molar-refractivity contribution in [2.75, 3.05) is 0 Å². The topological polar surface area (TPSA) is 60.6 Å². The Balaban J connectivity index is 2.64. The van der Waals surface area contributed by atoms with E-state index in [1.54, 1.807) is 0 Å². The van der Waals surface area contributed by atoms with Crippen molar-refractivity contribution >= 4 is 5.91 Å². The van der Waals surface area contributed by atoms with Crippen LogP contribution in [0.3, 0.4) is 0 Å². The SMILES string of the molecule is CCCCn1/c(=N/C(=O)c2cc(C(F)(F)F)ccc2ONC(C)(C)C)cc(C(C)(C)C)n1C. The first-order valence-corrected chi connectivity index (χ1v) is 11.1. The molecule has 0 aliphatic carbocycles. The van der Waals surface area contributed by atoms with Gasteiger partial charge < -0.3 is 4.84 Å². The fourth-order valence-corrected chi connectivity index (χ4v) is 3.27. The number of amides is 1. The van der Waals surface area contributed by atoms with Crippen LogP contribution in [0.2, 0.25) is 0 Å². The van der Waals surface area contributed by atoms with E-state index in [0.717, 1.165) is 36.7 Å².